The van der Waals surface area contributed by atoms with Gasteiger partial charge >= 0.3 is 5.97 Å². The van der Waals surface area contributed by atoms with Gasteiger partial charge in [-0.1, -0.05) is 76.6 Å². The van der Waals surface area contributed by atoms with Crippen molar-refractivity contribution in [1.82, 2.24) is 0 Å². The summed E-state index contributed by atoms with van der Waals surface area (Å²) in [6, 6.07) is 19.3. The fourth-order valence-electron chi connectivity index (χ4n) is 2.78. The minimum Gasteiger partial charge on any atom is -0.480 e. The van der Waals surface area contributed by atoms with Gasteiger partial charge in [-0.3, -0.25) is 4.99 Å². The Balaban J connectivity index is 2.05. The number of rotatable bonds is 6. The molecular weight excluding hydrogens is 428 g/mol. The molecule has 0 amide bonds. The molecule has 142 valence electrons. The summed E-state index contributed by atoms with van der Waals surface area (Å²) in [5, 5.41) is 9.70. The summed E-state index contributed by atoms with van der Waals surface area (Å²) in [6.07, 6.45) is -0.0870. The molecule has 0 spiro atoms. The van der Waals surface area contributed by atoms with Crippen LogP contribution in [-0.2, 0) is 11.2 Å². The van der Waals surface area contributed by atoms with Gasteiger partial charge in [0.25, 0.3) is 0 Å². The summed E-state index contributed by atoms with van der Waals surface area (Å²) >= 11 is 3.17. The van der Waals surface area contributed by atoms with Crippen LogP contribution in [0.3, 0.4) is 0 Å². The second-order valence-corrected chi connectivity index (χ2v) is 6.98. The predicted molar refractivity (Wildman–Crippen MR) is 108 cm³/mol. The number of aliphatic imine (C=N–C) groups is 1. The standard InChI is InChI=1S/C22H16BrF2NO2/c23-17-13-19(25)18(24)11-16(17)12-20(22(27)28)26-21(14-7-3-1-4-8-14)15-9-5-2-6-10-15/h1-11,13,20H,12H2,(H,27,28). The molecule has 0 aliphatic heterocycles. The Labute approximate surface area is 169 Å². The molecule has 0 aromatic heterocycles. The Morgan fingerprint density at radius 2 is 1.43 bits per heavy atom. The number of halogens is 3. The molecule has 6 heteroatoms. The number of hydrogen-bond donors (Lipinski definition) is 1. The Hall–Kier alpha value is -2.86. The monoisotopic (exact) mass is 443 g/mol. The van der Waals surface area contributed by atoms with E-state index in [1.54, 1.807) is 0 Å². The van der Waals surface area contributed by atoms with E-state index in [1.807, 2.05) is 60.7 Å². The van der Waals surface area contributed by atoms with Crippen molar-refractivity contribution in [2.45, 2.75) is 12.5 Å². The number of carboxylic acids is 1. The Morgan fingerprint density at radius 1 is 0.929 bits per heavy atom. The van der Waals surface area contributed by atoms with Gasteiger partial charge in [0.1, 0.15) is 0 Å². The molecule has 3 nitrogen and oxygen atoms in total. The van der Waals surface area contributed by atoms with Gasteiger partial charge < -0.3 is 5.11 Å². The first-order chi connectivity index (χ1) is 13.5. The van der Waals surface area contributed by atoms with Crippen molar-refractivity contribution < 1.29 is 18.7 Å². The highest BCUT2D eigenvalue weighted by Crippen LogP contribution is 2.23. The van der Waals surface area contributed by atoms with E-state index < -0.39 is 23.6 Å². The summed E-state index contributed by atoms with van der Waals surface area (Å²) in [5.74, 6) is -3.18. The summed E-state index contributed by atoms with van der Waals surface area (Å²) in [6.45, 7) is 0. The molecule has 1 atom stereocenters. The average molecular weight is 444 g/mol. The third kappa shape index (κ3) is 4.70. The van der Waals surface area contributed by atoms with E-state index in [2.05, 4.69) is 20.9 Å². The molecule has 0 saturated carbocycles. The van der Waals surface area contributed by atoms with Crippen molar-refractivity contribution in [2.24, 2.45) is 4.99 Å². The molecule has 3 aromatic rings. The zero-order valence-electron chi connectivity index (χ0n) is 14.6. The van der Waals surface area contributed by atoms with E-state index in [9.17, 15) is 18.7 Å². The zero-order valence-corrected chi connectivity index (χ0v) is 16.2. The van der Waals surface area contributed by atoms with Crippen LogP contribution in [0.2, 0.25) is 0 Å². The number of carbonyl (C=O) groups is 1. The van der Waals surface area contributed by atoms with Crippen LogP contribution in [0.25, 0.3) is 0 Å². The van der Waals surface area contributed by atoms with Crippen LogP contribution in [0.4, 0.5) is 8.78 Å². The van der Waals surface area contributed by atoms with E-state index in [0.29, 0.717) is 15.7 Å². The molecule has 3 aromatic carbocycles. The molecule has 0 aliphatic carbocycles. The lowest BCUT2D eigenvalue weighted by Gasteiger charge is -2.14. The number of hydrogen-bond acceptors (Lipinski definition) is 2. The summed E-state index contributed by atoms with van der Waals surface area (Å²) in [7, 11) is 0. The summed E-state index contributed by atoms with van der Waals surface area (Å²) < 4.78 is 27.3. The van der Waals surface area contributed by atoms with Crippen LogP contribution in [0.5, 0.6) is 0 Å². The van der Waals surface area contributed by atoms with E-state index in [0.717, 1.165) is 23.3 Å². The maximum Gasteiger partial charge on any atom is 0.328 e. The number of nitrogens with zero attached hydrogens (tertiary/aromatic N) is 1. The van der Waals surface area contributed by atoms with E-state index in [-0.39, 0.29) is 6.42 Å². The molecule has 1 N–H and O–H groups in total. The third-order valence-corrected chi connectivity index (χ3v) is 4.91. The highest BCUT2D eigenvalue weighted by Gasteiger charge is 2.21. The van der Waals surface area contributed by atoms with Crippen LogP contribution < -0.4 is 0 Å². The normalized spacial score (nSPS) is 11.7. The van der Waals surface area contributed by atoms with Gasteiger partial charge in [-0.2, -0.15) is 0 Å². The van der Waals surface area contributed by atoms with Gasteiger partial charge in [-0.15, -0.1) is 0 Å². The lowest BCUT2D eigenvalue weighted by Crippen LogP contribution is -2.23. The Kier molecular flexibility index (Phi) is 6.31. The maximum atomic E-state index is 13.6. The molecule has 0 fully saturated rings. The van der Waals surface area contributed by atoms with Gasteiger partial charge in [0.2, 0.25) is 0 Å². The van der Waals surface area contributed by atoms with Crippen molar-refractivity contribution in [1.29, 1.82) is 0 Å². The van der Waals surface area contributed by atoms with E-state index in [1.165, 1.54) is 0 Å². The van der Waals surface area contributed by atoms with E-state index in [4.69, 9.17) is 0 Å². The topological polar surface area (TPSA) is 49.7 Å². The van der Waals surface area contributed by atoms with Gasteiger partial charge in [0.05, 0.1) is 5.71 Å². The first-order valence-electron chi connectivity index (χ1n) is 8.50. The minimum absolute atomic E-state index is 0.0870. The third-order valence-electron chi connectivity index (χ3n) is 4.17. The molecule has 0 aliphatic rings. The van der Waals surface area contributed by atoms with Crippen molar-refractivity contribution in [2.75, 3.05) is 0 Å². The minimum atomic E-state index is -1.17. The predicted octanol–water partition coefficient (Wildman–Crippen LogP) is 5.26. The van der Waals surface area contributed by atoms with Crippen LogP contribution in [0.15, 0.2) is 82.3 Å². The number of aliphatic carboxylic acids is 1. The lowest BCUT2D eigenvalue weighted by atomic mass is 10.0. The molecule has 0 saturated heterocycles. The zero-order chi connectivity index (χ0) is 20.1. The van der Waals surface area contributed by atoms with Crippen LogP contribution in [0, 0.1) is 11.6 Å². The van der Waals surface area contributed by atoms with Crippen molar-refractivity contribution in [3.63, 3.8) is 0 Å². The molecule has 28 heavy (non-hydrogen) atoms. The van der Waals surface area contributed by atoms with Gasteiger partial charge in [0.15, 0.2) is 17.7 Å². The van der Waals surface area contributed by atoms with Gasteiger partial charge in [0, 0.05) is 22.0 Å². The SMILES string of the molecule is O=C(O)C(Cc1cc(F)c(F)cc1Br)N=C(c1ccccc1)c1ccccc1. The maximum absolute atomic E-state index is 13.6. The second-order valence-electron chi connectivity index (χ2n) is 6.13. The quantitative estimate of drug-likeness (QED) is 0.417. The fourth-order valence-corrected chi connectivity index (χ4v) is 3.26. The first kappa shape index (κ1) is 19.9. The highest BCUT2D eigenvalue weighted by atomic mass is 79.9. The molecule has 0 heterocycles. The molecular formula is C22H16BrF2NO2. The fraction of sp³-hybridized carbons (Fsp3) is 0.0909. The second kappa shape index (κ2) is 8.89. The molecule has 3 rings (SSSR count). The lowest BCUT2D eigenvalue weighted by molar-refractivity contribution is -0.138. The highest BCUT2D eigenvalue weighted by molar-refractivity contribution is 9.10. The Bertz CT molecular complexity index is 966. The Morgan fingerprint density at radius 3 is 1.93 bits per heavy atom. The van der Waals surface area contributed by atoms with Crippen molar-refractivity contribution in [3.8, 4) is 0 Å². The van der Waals surface area contributed by atoms with Gasteiger partial charge in [-0.25, -0.2) is 13.6 Å². The number of benzene rings is 3. The molecule has 0 radical (unpaired) electrons. The largest absolute Gasteiger partial charge is 0.480 e. The molecule has 1 unspecified atom stereocenters. The smallest absolute Gasteiger partial charge is 0.328 e. The van der Waals surface area contributed by atoms with Crippen molar-refractivity contribution in [3.05, 3.63) is 106 Å². The van der Waals surface area contributed by atoms with E-state index >= 15 is 0 Å². The van der Waals surface area contributed by atoms with Crippen LogP contribution >= 0.6 is 15.9 Å². The van der Waals surface area contributed by atoms with Gasteiger partial charge in [-0.05, 0) is 17.7 Å². The van der Waals surface area contributed by atoms with Crippen LogP contribution in [0.1, 0.15) is 16.7 Å². The average Bonchev–Trinajstić information content (AvgIpc) is 2.70. The van der Waals surface area contributed by atoms with Crippen molar-refractivity contribution >= 4 is 27.6 Å². The first-order valence-corrected chi connectivity index (χ1v) is 9.30. The molecule has 0 bridgehead atoms. The summed E-state index contributed by atoms with van der Waals surface area (Å²) in [4.78, 5) is 16.4. The van der Waals surface area contributed by atoms with Crippen LogP contribution in [-0.4, -0.2) is 22.8 Å². The summed E-state index contributed by atoms with van der Waals surface area (Å²) in [5.41, 5.74) is 2.39. The number of carboxylic acid groups (broad SMARTS) is 1.